The molecule has 0 amide bonds. The zero-order chi connectivity index (χ0) is 15.0. The first kappa shape index (κ1) is 14.4. The fraction of sp³-hybridized carbons (Fsp3) is 0.133. The van der Waals surface area contributed by atoms with Gasteiger partial charge in [0.15, 0.2) is 0 Å². The maximum atomic E-state index is 13.7. The van der Waals surface area contributed by atoms with Crippen LogP contribution in [0, 0.1) is 5.82 Å². The van der Waals surface area contributed by atoms with Gasteiger partial charge in [0.25, 0.3) is 0 Å². The molecule has 0 bridgehead atoms. The molecule has 0 aliphatic rings. The largest absolute Gasteiger partial charge is 0.497 e. The van der Waals surface area contributed by atoms with Crippen LogP contribution in [0.25, 0.3) is 16.7 Å². The van der Waals surface area contributed by atoms with E-state index in [2.05, 4.69) is 20.9 Å². The molecule has 0 fully saturated rings. The second-order valence-corrected chi connectivity index (χ2v) is 5.58. The van der Waals surface area contributed by atoms with Crippen LogP contribution < -0.4 is 4.74 Å². The molecule has 0 atom stereocenters. The molecule has 1 heterocycles. The molecular weight excluding hydrogens is 359 g/mol. The highest BCUT2D eigenvalue weighted by Crippen LogP contribution is 2.28. The minimum atomic E-state index is -0.348. The summed E-state index contributed by atoms with van der Waals surface area (Å²) in [6.07, 6.45) is 0. The number of rotatable bonds is 3. The maximum Gasteiger partial charge on any atom is 0.139 e. The number of imidazole rings is 1. The monoisotopic (exact) mass is 368 g/mol. The average molecular weight is 370 g/mol. The van der Waals surface area contributed by atoms with Crippen LogP contribution in [0.3, 0.4) is 0 Å². The average Bonchev–Trinajstić information content (AvgIpc) is 2.85. The van der Waals surface area contributed by atoms with E-state index in [1.54, 1.807) is 13.2 Å². The molecular formula is C15H11BrClFN2O. The lowest BCUT2D eigenvalue weighted by Gasteiger charge is -2.09. The summed E-state index contributed by atoms with van der Waals surface area (Å²) < 4.78 is 21.2. The van der Waals surface area contributed by atoms with Crippen LogP contribution >= 0.6 is 27.5 Å². The van der Waals surface area contributed by atoms with E-state index in [-0.39, 0.29) is 11.7 Å². The summed E-state index contributed by atoms with van der Waals surface area (Å²) in [5.74, 6) is 1.26. The van der Waals surface area contributed by atoms with Crippen molar-refractivity contribution in [2.75, 3.05) is 7.11 Å². The Balaban J connectivity index is 2.31. The summed E-state index contributed by atoms with van der Waals surface area (Å²) in [5, 5.41) is 0. The normalized spacial score (nSPS) is 11.0. The minimum absolute atomic E-state index is 0.227. The van der Waals surface area contributed by atoms with Gasteiger partial charge in [0.2, 0.25) is 0 Å². The predicted octanol–water partition coefficient (Wildman–Crippen LogP) is 4.67. The van der Waals surface area contributed by atoms with Gasteiger partial charge in [0.05, 0.1) is 34.2 Å². The summed E-state index contributed by atoms with van der Waals surface area (Å²) in [4.78, 5) is 4.39. The molecule has 21 heavy (non-hydrogen) atoms. The lowest BCUT2D eigenvalue weighted by molar-refractivity contribution is 0.414. The quantitative estimate of drug-likeness (QED) is 0.627. The lowest BCUT2D eigenvalue weighted by Crippen LogP contribution is -1.99. The number of alkyl halides is 1. The molecule has 3 rings (SSSR count). The van der Waals surface area contributed by atoms with Gasteiger partial charge in [-0.3, -0.25) is 4.57 Å². The highest BCUT2D eigenvalue weighted by molar-refractivity contribution is 9.10. The molecule has 0 spiro atoms. The van der Waals surface area contributed by atoms with E-state index in [1.165, 1.54) is 6.07 Å². The van der Waals surface area contributed by atoms with Gasteiger partial charge in [-0.05, 0) is 34.1 Å². The van der Waals surface area contributed by atoms with E-state index in [0.717, 1.165) is 17.0 Å². The van der Waals surface area contributed by atoms with Gasteiger partial charge in [-0.15, -0.1) is 11.6 Å². The Bertz CT molecular complexity index is 819. The van der Waals surface area contributed by atoms with Crippen molar-refractivity contribution >= 4 is 38.6 Å². The minimum Gasteiger partial charge on any atom is -0.497 e. The summed E-state index contributed by atoms with van der Waals surface area (Å²) in [7, 11) is 1.61. The zero-order valence-electron chi connectivity index (χ0n) is 11.1. The number of fused-ring (bicyclic) bond motifs is 1. The molecule has 0 unspecified atom stereocenters. The zero-order valence-corrected chi connectivity index (χ0v) is 13.4. The van der Waals surface area contributed by atoms with E-state index >= 15 is 0 Å². The second kappa shape index (κ2) is 5.66. The van der Waals surface area contributed by atoms with E-state index in [9.17, 15) is 4.39 Å². The lowest BCUT2D eigenvalue weighted by atomic mass is 10.2. The molecule has 3 aromatic rings. The third-order valence-electron chi connectivity index (χ3n) is 3.20. The standard InChI is InChI=1S/C15H11BrClFN2O/c1-21-10-4-2-3-9(5-10)20-14-6-11(16)12(18)7-13(14)19-15(20)8-17/h2-7H,8H2,1H3. The van der Waals surface area contributed by atoms with Crippen molar-refractivity contribution in [3.63, 3.8) is 0 Å². The highest BCUT2D eigenvalue weighted by Gasteiger charge is 2.14. The number of aromatic nitrogens is 2. The van der Waals surface area contributed by atoms with Crippen molar-refractivity contribution in [3.05, 3.63) is 52.5 Å². The van der Waals surface area contributed by atoms with Crippen molar-refractivity contribution in [3.8, 4) is 11.4 Å². The molecule has 0 aliphatic heterocycles. The summed E-state index contributed by atoms with van der Waals surface area (Å²) in [6, 6.07) is 10.7. The van der Waals surface area contributed by atoms with Gasteiger partial charge in [-0.25, -0.2) is 9.37 Å². The molecule has 0 aliphatic carbocycles. The van der Waals surface area contributed by atoms with Crippen molar-refractivity contribution in [1.82, 2.24) is 9.55 Å². The summed E-state index contributed by atoms with van der Waals surface area (Å²) in [5.41, 5.74) is 2.22. The maximum absolute atomic E-state index is 13.7. The second-order valence-electron chi connectivity index (χ2n) is 4.45. The van der Waals surface area contributed by atoms with Crippen LogP contribution in [0.1, 0.15) is 5.82 Å². The Labute approximate surface area is 134 Å². The van der Waals surface area contributed by atoms with Gasteiger partial charge >= 0.3 is 0 Å². The third kappa shape index (κ3) is 2.51. The third-order valence-corrected chi connectivity index (χ3v) is 4.04. The van der Waals surface area contributed by atoms with Crippen molar-refractivity contribution < 1.29 is 9.13 Å². The fourth-order valence-electron chi connectivity index (χ4n) is 2.25. The Morgan fingerprint density at radius 1 is 1.33 bits per heavy atom. The smallest absolute Gasteiger partial charge is 0.139 e. The molecule has 2 aromatic carbocycles. The molecule has 0 N–H and O–H groups in total. The SMILES string of the molecule is COc1cccc(-n2c(CCl)nc3cc(F)c(Br)cc32)c1. The van der Waals surface area contributed by atoms with Crippen molar-refractivity contribution in [2.24, 2.45) is 0 Å². The Hall–Kier alpha value is -1.59. The van der Waals surface area contributed by atoms with E-state index < -0.39 is 0 Å². The molecule has 6 heteroatoms. The number of methoxy groups -OCH3 is 1. The van der Waals surface area contributed by atoms with Gasteiger partial charge in [-0.1, -0.05) is 6.07 Å². The molecule has 0 radical (unpaired) electrons. The molecule has 1 aromatic heterocycles. The molecule has 0 saturated carbocycles. The first-order valence-corrected chi connectivity index (χ1v) is 7.53. The molecule has 3 nitrogen and oxygen atoms in total. The van der Waals surface area contributed by atoms with Gasteiger partial charge in [0, 0.05) is 12.1 Å². The van der Waals surface area contributed by atoms with Gasteiger partial charge < -0.3 is 4.74 Å². The highest BCUT2D eigenvalue weighted by atomic mass is 79.9. The predicted molar refractivity (Wildman–Crippen MR) is 84.8 cm³/mol. The topological polar surface area (TPSA) is 27.1 Å². The summed E-state index contributed by atoms with van der Waals surface area (Å²) in [6.45, 7) is 0. The van der Waals surface area contributed by atoms with E-state index in [1.807, 2.05) is 28.8 Å². The van der Waals surface area contributed by atoms with E-state index in [4.69, 9.17) is 16.3 Å². The first-order valence-electron chi connectivity index (χ1n) is 6.21. The van der Waals surface area contributed by atoms with E-state index in [0.29, 0.717) is 15.8 Å². The molecule has 108 valence electrons. The number of benzene rings is 2. The number of nitrogens with zero attached hydrogens (tertiary/aromatic N) is 2. The Morgan fingerprint density at radius 2 is 2.14 bits per heavy atom. The van der Waals surface area contributed by atoms with Crippen LogP contribution in [0.4, 0.5) is 4.39 Å². The van der Waals surface area contributed by atoms with Gasteiger partial charge in [0.1, 0.15) is 17.4 Å². The van der Waals surface area contributed by atoms with Crippen LogP contribution in [0.5, 0.6) is 5.75 Å². The van der Waals surface area contributed by atoms with Crippen LogP contribution in [-0.2, 0) is 5.88 Å². The van der Waals surface area contributed by atoms with Crippen molar-refractivity contribution in [1.29, 1.82) is 0 Å². The Morgan fingerprint density at radius 3 is 2.86 bits per heavy atom. The van der Waals surface area contributed by atoms with Crippen molar-refractivity contribution in [2.45, 2.75) is 5.88 Å². The number of ether oxygens (including phenoxy) is 1. The first-order chi connectivity index (χ1) is 10.1. The number of halogens is 3. The number of hydrogen-bond donors (Lipinski definition) is 0. The van der Waals surface area contributed by atoms with Crippen LogP contribution in [0.2, 0.25) is 0 Å². The Kier molecular flexibility index (Phi) is 3.87. The van der Waals surface area contributed by atoms with Crippen LogP contribution in [-0.4, -0.2) is 16.7 Å². The van der Waals surface area contributed by atoms with Crippen LogP contribution in [0.15, 0.2) is 40.9 Å². The fourth-order valence-corrected chi connectivity index (χ4v) is 2.76. The summed E-state index contributed by atoms with van der Waals surface area (Å²) >= 11 is 9.20. The van der Waals surface area contributed by atoms with Gasteiger partial charge in [-0.2, -0.15) is 0 Å². The molecule has 0 saturated heterocycles. The number of hydrogen-bond acceptors (Lipinski definition) is 2.